The molecule has 2 aromatic heterocycles. The predicted octanol–water partition coefficient (Wildman–Crippen LogP) is 0.763. The van der Waals surface area contributed by atoms with Crippen LogP contribution in [-0.4, -0.2) is 94.5 Å². The Balaban J connectivity index is 1.19. The first-order valence-electron chi connectivity index (χ1n) is 10.8. The largest absolute Gasteiger partial charge is 0.379 e. The number of piperidine rings is 1. The number of nitrogens with zero attached hydrogens (tertiary/aromatic N) is 7. The number of amides is 1. The molecule has 0 N–H and O–H groups in total. The summed E-state index contributed by atoms with van der Waals surface area (Å²) in [4.78, 5) is 18.8. The number of carbonyl (C=O) groups is 1. The van der Waals surface area contributed by atoms with Crippen LogP contribution in [0.2, 0.25) is 0 Å². The highest BCUT2D eigenvalue weighted by molar-refractivity contribution is 5.76. The summed E-state index contributed by atoms with van der Waals surface area (Å²) in [6.07, 6.45) is 3.85. The smallest absolute Gasteiger partial charge is 0.225 e. The van der Waals surface area contributed by atoms with Crippen LogP contribution < -0.4 is 4.90 Å². The zero-order chi connectivity index (χ0) is 19.6. The van der Waals surface area contributed by atoms with E-state index in [1.165, 1.54) is 6.42 Å². The highest BCUT2D eigenvalue weighted by atomic mass is 16.5. The van der Waals surface area contributed by atoms with Gasteiger partial charge in [-0.3, -0.25) is 4.79 Å². The molecule has 9 heteroatoms. The molecule has 3 aliphatic rings. The second-order valence-corrected chi connectivity index (χ2v) is 8.22. The summed E-state index contributed by atoms with van der Waals surface area (Å²) in [5, 5.41) is 13.6. The molecule has 5 rings (SSSR count). The SMILES string of the molecule is O=C1CCOCCN1CCN1CCC(c2nnc3ccc(N4CCC4)nn23)CC1. The van der Waals surface area contributed by atoms with Crippen LogP contribution in [0.1, 0.15) is 37.4 Å². The van der Waals surface area contributed by atoms with E-state index in [0.717, 1.165) is 69.4 Å². The molecule has 29 heavy (non-hydrogen) atoms. The first-order chi connectivity index (χ1) is 14.3. The molecule has 3 fully saturated rings. The second kappa shape index (κ2) is 8.23. The lowest BCUT2D eigenvalue weighted by Gasteiger charge is -2.33. The van der Waals surface area contributed by atoms with Gasteiger partial charge in [0.15, 0.2) is 11.5 Å². The van der Waals surface area contributed by atoms with Crippen molar-refractivity contribution < 1.29 is 9.53 Å². The Labute approximate surface area is 170 Å². The van der Waals surface area contributed by atoms with Gasteiger partial charge in [-0.25, -0.2) is 0 Å². The molecule has 0 spiro atoms. The molecule has 156 valence electrons. The van der Waals surface area contributed by atoms with Crippen molar-refractivity contribution in [3.63, 3.8) is 0 Å². The lowest BCUT2D eigenvalue weighted by Crippen LogP contribution is -2.42. The fraction of sp³-hybridized carbons (Fsp3) is 0.700. The predicted molar refractivity (Wildman–Crippen MR) is 108 cm³/mol. The Bertz CT molecular complexity index is 858. The van der Waals surface area contributed by atoms with E-state index >= 15 is 0 Å². The fourth-order valence-electron chi connectivity index (χ4n) is 4.40. The Morgan fingerprint density at radius 1 is 1.00 bits per heavy atom. The average Bonchev–Trinajstić information content (AvgIpc) is 3.01. The van der Waals surface area contributed by atoms with Gasteiger partial charge in [0.2, 0.25) is 5.91 Å². The molecule has 3 aliphatic heterocycles. The molecule has 0 aliphatic carbocycles. The Morgan fingerprint density at radius 3 is 2.66 bits per heavy atom. The number of hydrogen-bond donors (Lipinski definition) is 0. The van der Waals surface area contributed by atoms with Gasteiger partial charge < -0.3 is 19.4 Å². The Morgan fingerprint density at radius 2 is 1.86 bits per heavy atom. The van der Waals surface area contributed by atoms with E-state index in [4.69, 9.17) is 9.84 Å². The molecule has 3 saturated heterocycles. The summed E-state index contributed by atoms with van der Waals surface area (Å²) in [5.74, 6) is 2.61. The summed E-state index contributed by atoms with van der Waals surface area (Å²) >= 11 is 0. The molecule has 0 aromatic carbocycles. The normalized spacial score (nSPS) is 22.1. The van der Waals surface area contributed by atoms with Crippen molar-refractivity contribution in [2.75, 3.05) is 63.9 Å². The van der Waals surface area contributed by atoms with Gasteiger partial charge >= 0.3 is 0 Å². The van der Waals surface area contributed by atoms with Crippen LogP contribution in [0.5, 0.6) is 0 Å². The van der Waals surface area contributed by atoms with Gasteiger partial charge in [-0.15, -0.1) is 15.3 Å². The fourth-order valence-corrected chi connectivity index (χ4v) is 4.40. The molecule has 0 unspecified atom stereocenters. The standard InChI is InChI=1S/C20H29N7O2/c28-19-6-14-29-15-13-26(19)12-11-24-9-4-16(5-10-24)20-22-21-17-2-3-18(23-27(17)20)25-7-1-8-25/h2-3,16H,1,4-15H2. The number of likely N-dealkylation sites (tertiary alicyclic amines) is 1. The first kappa shape index (κ1) is 18.7. The first-order valence-corrected chi connectivity index (χ1v) is 10.8. The number of rotatable bonds is 5. The number of aromatic nitrogens is 4. The van der Waals surface area contributed by atoms with E-state index in [1.54, 1.807) is 0 Å². The summed E-state index contributed by atoms with van der Waals surface area (Å²) in [5.41, 5.74) is 0.827. The third-order valence-electron chi connectivity index (χ3n) is 6.41. The quantitative estimate of drug-likeness (QED) is 0.734. The van der Waals surface area contributed by atoms with Crippen LogP contribution in [0.25, 0.3) is 5.65 Å². The van der Waals surface area contributed by atoms with Gasteiger partial charge in [0.25, 0.3) is 0 Å². The molecule has 2 aromatic rings. The lowest BCUT2D eigenvalue weighted by atomic mass is 9.96. The van der Waals surface area contributed by atoms with E-state index in [2.05, 4.69) is 20.0 Å². The molecule has 9 nitrogen and oxygen atoms in total. The van der Waals surface area contributed by atoms with E-state index < -0.39 is 0 Å². The van der Waals surface area contributed by atoms with Crippen molar-refractivity contribution in [3.8, 4) is 0 Å². The average molecular weight is 399 g/mol. The number of anilines is 1. The Kier molecular flexibility index (Phi) is 5.32. The third kappa shape index (κ3) is 3.93. The summed E-state index contributed by atoms with van der Waals surface area (Å²) in [7, 11) is 0. The minimum atomic E-state index is 0.219. The van der Waals surface area contributed by atoms with Crippen LogP contribution in [-0.2, 0) is 9.53 Å². The molecule has 0 bridgehead atoms. The molecule has 5 heterocycles. The monoisotopic (exact) mass is 399 g/mol. The van der Waals surface area contributed by atoms with Gasteiger partial charge in [0.05, 0.1) is 19.6 Å². The summed E-state index contributed by atoms with van der Waals surface area (Å²) in [6.45, 7) is 7.85. The molecule has 0 atom stereocenters. The maximum Gasteiger partial charge on any atom is 0.225 e. The van der Waals surface area contributed by atoms with Crippen LogP contribution in [0.4, 0.5) is 5.82 Å². The van der Waals surface area contributed by atoms with Crippen molar-refractivity contribution in [2.45, 2.75) is 31.6 Å². The van der Waals surface area contributed by atoms with Crippen molar-refractivity contribution in [1.82, 2.24) is 29.6 Å². The maximum atomic E-state index is 12.1. The second-order valence-electron chi connectivity index (χ2n) is 8.22. The van der Waals surface area contributed by atoms with Crippen LogP contribution in [0, 0.1) is 0 Å². The van der Waals surface area contributed by atoms with E-state index in [9.17, 15) is 4.79 Å². The zero-order valence-electron chi connectivity index (χ0n) is 16.9. The number of fused-ring (bicyclic) bond motifs is 1. The topological polar surface area (TPSA) is 79.1 Å². The minimum absolute atomic E-state index is 0.219. The summed E-state index contributed by atoms with van der Waals surface area (Å²) in [6, 6.07) is 4.07. The van der Waals surface area contributed by atoms with Crippen LogP contribution >= 0.6 is 0 Å². The molecule has 0 radical (unpaired) electrons. The van der Waals surface area contributed by atoms with E-state index in [1.807, 2.05) is 21.5 Å². The highest BCUT2D eigenvalue weighted by Gasteiger charge is 2.26. The molecular formula is C20H29N7O2. The number of hydrogen-bond acceptors (Lipinski definition) is 7. The van der Waals surface area contributed by atoms with Gasteiger partial charge in [-0.2, -0.15) is 4.52 Å². The Hall–Kier alpha value is -2.26. The lowest BCUT2D eigenvalue weighted by molar-refractivity contribution is -0.130. The third-order valence-corrected chi connectivity index (χ3v) is 6.41. The number of carbonyl (C=O) groups excluding carboxylic acids is 1. The van der Waals surface area contributed by atoms with Gasteiger partial charge in [0, 0.05) is 38.6 Å². The minimum Gasteiger partial charge on any atom is -0.379 e. The van der Waals surface area contributed by atoms with Crippen molar-refractivity contribution >= 4 is 17.4 Å². The molecule has 0 saturated carbocycles. The van der Waals surface area contributed by atoms with E-state index in [0.29, 0.717) is 32.1 Å². The van der Waals surface area contributed by atoms with Crippen LogP contribution in [0.15, 0.2) is 12.1 Å². The summed E-state index contributed by atoms with van der Waals surface area (Å²) < 4.78 is 7.36. The van der Waals surface area contributed by atoms with Crippen molar-refractivity contribution in [3.05, 3.63) is 18.0 Å². The maximum absolute atomic E-state index is 12.1. The van der Waals surface area contributed by atoms with Crippen LogP contribution in [0.3, 0.4) is 0 Å². The highest BCUT2D eigenvalue weighted by Crippen LogP contribution is 2.27. The van der Waals surface area contributed by atoms with E-state index in [-0.39, 0.29) is 5.91 Å². The van der Waals surface area contributed by atoms with Crippen molar-refractivity contribution in [1.29, 1.82) is 0 Å². The van der Waals surface area contributed by atoms with Gasteiger partial charge in [0.1, 0.15) is 5.82 Å². The zero-order valence-corrected chi connectivity index (χ0v) is 16.9. The van der Waals surface area contributed by atoms with Crippen molar-refractivity contribution in [2.24, 2.45) is 0 Å². The molecule has 1 amide bonds. The van der Waals surface area contributed by atoms with Gasteiger partial charge in [-0.1, -0.05) is 0 Å². The molecular weight excluding hydrogens is 370 g/mol. The van der Waals surface area contributed by atoms with Gasteiger partial charge in [-0.05, 0) is 44.5 Å². The number of ether oxygens (including phenoxy) is 1.